The summed E-state index contributed by atoms with van der Waals surface area (Å²) in [6.45, 7) is 4.78. The first-order valence-corrected chi connectivity index (χ1v) is 4.22. The lowest BCUT2D eigenvalue weighted by molar-refractivity contribution is -0.137. The van der Waals surface area contributed by atoms with Crippen molar-refractivity contribution in [3.8, 4) is 0 Å². The molecule has 0 aromatic rings. The highest BCUT2D eigenvalue weighted by atomic mass is 16.3. The van der Waals surface area contributed by atoms with Crippen LogP contribution >= 0.6 is 0 Å². The number of rotatable bonds is 3. The van der Waals surface area contributed by atoms with Crippen LogP contribution in [0.15, 0.2) is 0 Å². The van der Waals surface area contributed by atoms with Crippen LogP contribution in [0.25, 0.3) is 0 Å². The molecule has 0 aromatic carbocycles. The van der Waals surface area contributed by atoms with Crippen molar-refractivity contribution in [1.82, 2.24) is 4.90 Å². The molecule has 0 radical (unpaired) electrons. The van der Waals surface area contributed by atoms with E-state index < -0.39 is 5.60 Å². The van der Waals surface area contributed by atoms with Crippen LogP contribution in [0.3, 0.4) is 0 Å². The van der Waals surface area contributed by atoms with E-state index >= 15 is 0 Å². The fourth-order valence-corrected chi connectivity index (χ4v) is 1.69. The molecule has 1 atom stereocenters. The Hall–Kier alpha value is -0.610. The number of nitrogens with two attached hydrogens (primary N) is 1. The summed E-state index contributed by atoms with van der Waals surface area (Å²) in [7, 11) is 0. The third kappa shape index (κ3) is 1.76. The van der Waals surface area contributed by atoms with Gasteiger partial charge in [0.1, 0.15) is 0 Å². The van der Waals surface area contributed by atoms with E-state index in [1.807, 2.05) is 11.8 Å². The van der Waals surface area contributed by atoms with Crippen molar-refractivity contribution in [2.45, 2.75) is 31.9 Å². The number of primary amides is 1. The summed E-state index contributed by atoms with van der Waals surface area (Å²) in [6, 6.07) is -0.203. The lowest BCUT2D eigenvalue weighted by Crippen LogP contribution is -2.65. The Kier molecular flexibility index (Phi) is 2.39. The fraction of sp³-hybridized carbons (Fsp3) is 0.875. The molecule has 1 aliphatic heterocycles. The number of hydrogen-bond donors (Lipinski definition) is 2. The zero-order valence-electron chi connectivity index (χ0n) is 7.58. The molecule has 0 bridgehead atoms. The Morgan fingerprint density at radius 3 is 2.50 bits per heavy atom. The Morgan fingerprint density at radius 1 is 1.75 bits per heavy atom. The van der Waals surface area contributed by atoms with Gasteiger partial charge >= 0.3 is 0 Å². The molecule has 12 heavy (non-hydrogen) atoms. The maximum absolute atomic E-state index is 10.9. The first-order chi connectivity index (χ1) is 5.46. The predicted molar refractivity (Wildman–Crippen MR) is 45.5 cm³/mol. The summed E-state index contributed by atoms with van der Waals surface area (Å²) >= 11 is 0. The van der Waals surface area contributed by atoms with Gasteiger partial charge in [0.25, 0.3) is 0 Å². The molecule has 3 N–H and O–H groups in total. The maximum Gasteiger partial charge on any atom is 0.234 e. The van der Waals surface area contributed by atoms with Crippen molar-refractivity contribution in [1.29, 1.82) is 0 Å². The summed E-state index contributed by atoms with van der Waals surface area (Å²) < 4.78 is 0. The Bertz CT molecular complexity index is 183. The molecule has 4 nitrogen and oxygen atoms in total. The SMILES string of the molecule is CCC(C(N)=O)N1CC(C)(O)C1. The van der Waals surface area contributed by atoms with Crippen LogP contribution in [0.4, 0.5) is 0 Å². The summed E-state index contributed by atoms with van der Waals surface area (Å²) in [5, 5.41) is 9.42. The third-order valence-electron chi connectivity index (χ3n) is 2.24. The van der Waals surface area contributed by atoms with E-state index in [4.69, 9.17) is 5.73 Å². The normalized spacial score (nSPS) is 24.6. The molecule has 1 fully saturated rings. The Balaban J connectivity index is 2.45. The molecule has 1 amide bonds. The molecule has 1 rings (SSSR count). The zero-order chi connectivity index (χ0) is 9.35. The monoisotopic (exact) mass is 172 g/mol. The molecule has 0 aliphatic carbocycles. The second kappa shape index (κ2) is 3.03. The summed E-state index contributed by atoms with van der Waals surface area (Å²) in [5.74, 6) is -0.298. The van der Waals surface area contributed by atoms with Crippen molar-refractivity contribution >= 4 is 5.91 Å². The molecule has 1 unspecified atom stereocenters. The van der Waals surface area contributed by atoms with Crippen LogP contribution in [-0.4, -0.2) is 40.6 Å². The highest BCUT2D eigenvalue weighted by molar-refractivity contribution is 5.79. The van der Waals surface area contributed by atoms with Gasteiger partial charge in [-0.2, -0.15) is 0 Å². The van der Waals surface area contributed by atoms with Crippen molar-refractivity contribution < 1.29 is 9.90 Å². The summed E-state index contributed by atoms with van der Waals surface area (Å²) in [4.78, 5) is 12.8. The molecule has 1 saturated heterocycles. The van der Waals surface area contributed by atoms with Crippen LogP contribution in [0.2, 0.25) is 0 Å². The van der Waals surface area contributed by atoms with Crippen LogP contribution in [0.1, 0.15) is 20.3 Å². The van der Waals surface area contributed by atoms with E-state index in [0.29, 0.717) is 19.5 Å². The van der Waals surface area contributed by atoms with Gasteiger partial charge in [0.15, 0.2) is 0 Å². The quantitative estimate of drug-likeness (QED) is 0.592. The van der Waals surface area contributed by atoms with Gasteiger partial charge in [-0.1, -0.05) is 6.92 Å². The largest absolute Gasteiger partial charge is 0.388 e. The average molecular weight is 172 g/mol. The van der Waals surface area contributed by atoms with E-state index in [0.717, 1.165) is 0 Å². The summed E-state index contributed by atoms with van der Waals surface area (Å²) in [5.41, 5.74) is 4.56. The van der Waals surface area contributed by atoms with Gasteiger partial charge < -0.3 is 10.8 Å². The predicted octanol–water partition coefficient (Wildman–Crippen LogP) is -0.683. The number of amides is 1. The summed E-state index contributed by atoms with van der Waals surface area (Å²) in [6.07, 6.45) is 0.714. The number of likely N-dealkylation sites (tertiary alicyclic amines) is 1. The van der Waals surface area contributed by atoms with E-state index in [1.54, 1.807) is 6.92 Å². The van der Waals surface area contributed by atoms with Gasteiger partial charge in [-0.05, 0) is 13.3 Å². The molecular formula is C8H16N2O2. The van der Waals surface area contributed by atoms with Crippen molar-refractivity contribution in [3.63, 3.8) is 0 Å². The van der Waals surface area contributed by atoms with Gasteiger partial charge in [0.2, 0.25) is 5.91 Å². The maximum atomic E-state index is 10.9. The number of aliphatic hydroxyl groups is 1. The number of carbonyl (C=O) groups excluding carboxylic acids is 1. The number of β-amino-alcohol motifs (C(OH)–C–C–N with tert-alkyl or cyclic N) is 1. The van der Waals surface area contributed by atoms with E-state index in [9.17, 15) is 9.90 Å². The van der Waals surface area contributed by atoms with Crippen molar-refractivity contribution in [3.05, 3.63) is 0 Å². The lowest BCUT2D eigenvalue weighted by atomic mass is 9.93. The lowest BCUT2D eigenvalue weighted by Gasteiger charge is -2.47. The number of nitrogens with zero attached hydrogens (tertiary/aromatic N) is 1. The minimum absolute atomic E-state index is 0.203. The molecule has 0 spiro atoms. The fourth-order valence-electron chi connectivity index (χ4n) is 1.69. The standard InChI is InChI=1S/C8H16N2O2/c1-3-6(7(9)11)10-4-8(2,12)5-10/h6,12H,3-5H2,1-2H3,(H2,9,11). The second-order valence-electron chi connectivity index (χ2n) is 3.73. The van der Waals surface area contributed by atoms with Crippen molar-refractivity contribution in [2.24, 2.45) is 5.73 Å². The topological polar surface area (TPSA) is 66.6 Å². The van der Waals surface area contributed by atoms with Gasteiger partial charge in [-0.25, -0.2) is 0 Å². The molecule has 1 aliphatic rings. The van der Waals surface area contributed by atoms with Gasteiger partial charge in [0, 0.05) is 13.1 Å². The minimum atomic E-state index is -0.622. The first-order valence-electron chi connectivity index (χ1n) is 4.22. The molecule has 1 heterocycles. The third-order valence-corrected chi connectivity index (χ3v) is 2.24. The molecule has 0 aromatic heterocycles. The zero-order valence-corrected chi connectivity index (χ0v) is 7.58. The van der Waals surface area contributed by atoms with Crippen LogP contribution in [0, 0.1) is 0 Å². The Labute approximate surface area is 72.3 Å². The second-order valence-corrected chi connectivity index (χ2v) is 3.73. The van der Waals surface area contributed by atoms with E-state index in [1.165, 1.54) is 0 Å². The van der Waals surface area contributed by atoms with E-state index in [2.05, 4.69) is 0 Å². The molecule has 4 heteroatoms. The average Bonchev–Trinajstić information content (AvgIpc) is 1.84. The van der Waals surface area contributed by atoms with Crippen LogP contribution in [0.5, 0.6) is 0 Å². The highest BCUT2D eigenvalue weighted by Gasteiger charge is 2.41. The molecule has 0 saturated carbocycles. The van der Waals surface area contributed by atoms with Gasteiger partial charge in [-0.15, -0.1) is 0 Å². The van der Waals surface area contributed by atoms with Crippen LogP contribution in [-0.2, 0) is 4.79 Å². The minimum Gasteiger partial charge on any atom is -0.388 e. The van der Waals surface area contributed by atoms with Gasteiger partial charge in [-0.3, -0.25) is 9.69 Å². The number of hydrogen-bond acceptors (Lipinski definition) is 3. The van der Waals surface area contributed by atoms with Crippen molar-refractivity contribution in [2.75, 3.05) is 13.1 Å². The smallest absolute Gasteiger partial charge is 0.234 e. The highest BCUT2D eigenvalue weighted by Crippen LogP contribution is 2.23. The van der Waals surface area contributed by atoms with Crippen LogP contribution < -0.4 is 5.73 Å². The Morgan fingerprint density at radius 2 is 2.25 bits per heavy atom. The van der Waals surface area contributed by atoms with Gasteiger partial charge in [0.05, 0.1) is 11.6 Å². The molecular weight excluding hydrogens is 156 g/mol. The molecule has 70 valence electrons. The first kappa shape index (κ1) is 9.48. The van der Waals surface area contributed by atoms with E-state index in [-0.39, 0.29) is 11.9 Å². The number of carbonyl (C=O) groups is 1.